The van der Waals surface area contributed by atoms with Gasteiger partial charge in [-0.05, 0) is 23.8 Å². The van der Waals surface area contributed by atoms with Crippen molar-refractivity contribution < 1.29 is 9.90 Å². The van der Waals surface area contributed by atoms with Gasteiger partial charge in [-0.2, -0.15) is 5.10 Å². The minimum atomic E-state index is -0.318. The lowest BCUT2D eigenvalue weighted by Crippen LogP contribution is -2.27. The quantitative estimate of drug-likeness (QED) is 0.731. The van der Waals surface area contributed by atoms with Crippen LogP contribution >= 0.6 is 23.2 Å². The zero-order chi connectivity index (χ0) is 17.1. The number of amides is 1. The van der Waals surface area contributed by atoms with E-state index in [1.54, 1.807) is 16.8 Å². The Labute approximate surface area is 148 Å². The Bertz CT molecular complexity index is 893. The Morgan fingerprint density at radius 3 is 2.75 bits per heavy atom. The van der Waals surface area contributed by atoms with Crippen LogP contribution in [0.3, 0.4) is 0 Å². The number of carbonyl (C=O) groups excluding carboxylic acids is 1. The number of aliphatic hydroxyl groups is 1. The van der Waals surface area contributed by atoms with Gasteiger partial charge in [0.2, 0.25) is 0 Å². The molecule has 2 aromatic carbocycles. The van der Waals surface area contributed by atoms with E-state index in [-0.39, 0.29) is 19.1 Å². The number of halogens is 2. The second-order valence-corrected chi connectivity index (χ2v) is 6.08. The highest BCUT2D eigenvalue weighted by Crippen LogP contribution is 2.24. The Kier molecular flexibility index (Phi) is 5.04. The second-order valence-electron chi connectivity index (χ2n) is 5.24. The summed E-state index contributed by atoms with van der Waals surface area (Å²) in [6, 6.07) is 12.8. The van der Waals surface area contributed by atoms with Crippen molar-refractivity contribution in [3.63, 3.8) is 0 Å². The third-order valence-corrected chi connectivity index (χ3v) is 4.19. The van der Waals surface area contributed by atoms with Crippen molar-refractivity contribution >= 4 is 40.0 Å². The molecule has 0 saturated heterocycles. The Balaban J connectivity index is 2.00. The molecule has 1 amide bonds. The van der Waals surface area contributed by atoms with E-state index in [2.05, 4.69) is 10.4 Å². The summed E-state index contributed by atoms with van der Waals surface area (Å²) in [7, 11) is 0. The first kappa shape index (κ1) is 16.8. The van der Waals surface area contributed by atoms with Crippen LogP contribution < -0.4 is 5.32 Å². The van der Waals surface area contributed by atoms with E-state index >= 15 is 0 Å². The highest BCUT2D eigenvalue weighted by molar-refractivity contribution is 6.35. The summed E-state index contributed by atoms with van der Waals surface area (Å²) in [6.07, 6.45) is 0. The number of hydrogen-bond acceptors (Lipinski definition) is 3. The van der Waals surface area contributed by atoms with Crippen LogP contribution in [0.5, 0.6) is 0 Å². The first-order valence-corrected chi connectivity index (χ1v) is 8.14. The predicted molar refractivity (Wildman–Crippen MR) is 94.7 cm³/mol. The summed E-state index contributed by atoms with van der Waals surface area (Å²) in [6.45, 7) is 0.484. The third kappa shape index (κ3) is 3.38. The SMILES string of the molecule is O=C(NCCO)c1nn(Cc2ccc(Cl)cc2Cl)c2ccccc12. The molecule has 24 heavy (non-hydrogen) atoms. The molecule has 0 aliphatic rings. The molecule has 0 atom stereocenters. The molecule has 0 radical (unpaired) electrons. The summed E-state index contributed by atoms with van der Waals surface area (Å²) < 4.78 is 1.73. The van der Waals surface area contributed by atoms with Gasteiger partial charge in [-0.1, -0.05) is 47.5 Å². The van der Waals surface area contributed by atoms with E-state index in [1.807, 2.05) is 30.3 Å². The van der Waals surface area contributed by atoms with Gasteiger partial charge in [0, 0.05) is 22.0 Å². The Morgan fingerprint density at radius 2 is 2.00 bits per heavy atom. The molecule has 2 N–H and O–H groups in total. The molecule has 124 valence electrons. The highest BCUT2D eigenvalue weighted by Gasteiger charge is 2.17. The number of benzene rings is 2. The molecule has 0 saturated carbocycles. The van der Waals surface area contributed by atoms with Crippen molar-refractivity contribution in [1.29, 1.82) is 0 Å². The van der Waals surface area contributed by atoms with Crippen molar-refractivity contribution in [1.82, 2.24) is 15.1 Å². The molecule has 7 heteroatoms. The van der Waals surface area contributed by atoms with E-state index in [4.69, 9.17) is 28.3 Å². The fourth-order valence-corrected chi connectivity index (χ4v) is 2.95. The first-order valence-electron chi connectivity index (χ1n) is 7.38. The molecular weight excluding hydrogens is 349 g/mol. The number of para-hydroxylation sites is 1. The standard InChI is InChI=1S/C17H15Cl2N3O2/c18-12-6-5-11(14(19)9-12)10-22-15-4-2-1-3-13(15)16(21-22)17(24)20-7-8-23/h1-6,9,23H,7-8,10H2,(H,20,24). The summed E-state index contributed by atoms with van der Waals surface area (Å²) >= 11 is 12.2. The van der Waals surface area contributed by atoms with Crippen LogP contribution in [0.1, 0.15) is 16.1 Å². The number of aromatic nitrogens is 2. The van der Waals surface area contributed by atoms with E-state index in [9.17, 15) is 4.79 Å². The molecule has 1 heterocycles. The van der Waals surface area contributed by atoms with Gasteiger partial charge in [-0.25, -0.2) is 0 Å². The molecule has 0 aliphatic carbocycles. The average Bonchev–Trinajstić information content (AvgIpc) is 2.94. The van der Waals surface area contributed by atoms with Crippen LogP contribution in [0, 0.1) is 0 Å². The normalized spacial score (nSPS) is 11.0. The van der Waals surface area contributed by atoms with Crippen molar-refractivity contribution in [3.05, 3.63) is 63.8 Å². The maximum absolute atomic E-state index is 12.3. The first-order chi connectivity index (χ1) is 11.6. The van der Waals surface area contributed by atoms with Crippen molar-refractivity contribution in [2.45, 2.75) is 6.54 Å². The number of aliphatic hydroxyl groups excluding tert-OH is 1. The maximum Gasteiger partial charge on any atom is 0.272 e. The molecule has 0 unspecified atom stereocenters. The van der Waals surface area contributed by atoms with Gasteiger partial charge in [0.1, 0.15) is 0 Å². The third-order valence-electron chi connectivity index (χ3n) is 3.61. The fraction of sp³-hybridized carbons (Fsp3) is 0.176. The zero-order valence-electron chi connectivity index (χ0n) is 12.7. The van der Waals surface area contributed by atoms with E-state index in [1.165, 1.54) is 0 Å². The number of hydrogen-bond donors (Lipinski definition) is 2. The molecule has 3 aromatic rings. The summed E-state index contributed by atoms with van der Waals surface area (Å²) in [4.78, 5) is 12.3. The van der Waals surface area contributed by atoms with Crippen molar-refractivity contribution in [2.75, 3.05) is 13.2 Å². The van der Waals surface area contributed by atoms with Gasteiger partial charge in [-0.15, -0.1) is 0 Å². The summed E-state index contributed by atoms with van der Waals surface area (Å²) in [5, 5.41) is 17.8. The topological polar surface area (TPSA) is 67.2 Å². The lowest BCUT2D eigenvalue weighted by atomic mass is 10.2. The molecule has 0 spiro atoms. The molecule has 0 fully saturated rings. The van der Waals surface area contributed by atoms with E-state index in [0.717, 1.165) is 16.5 Å². The molecule has 0 bridgehead atoms. The fourth-order valence-electron chi connectivity index (χ4n) is 2.48. The Hall–Kier alpha value is -2.08. The largest absolute Gasteiger partial charge is 0.395 e. The molecule has 5 nitrogen and oxygen atoms in total. The van der Waals surface area contributed by atoms with E-state index < -0.39 is 0 Å². The summed E-state index contributed by atoms with van der Waals surface area (Å²) in [5.74, 6) is -0.318. The van der Waals surface area contributed by atoms with Crippen molar-refractivity contribution in [3.8, 4) is 0 Å². The van der Waals surface area contributed by atoms with Crippen LogP contribution in [0.15, 0.2) is 42.5 Å². The predicted octanol–water partition coefficient (Wildman–Crippen LogP) is 3.11. The van der Waals surface area contributed by atoms with Gasteiger partial charge in [0.05, 0.1) is 18.7 Å². The number of nitrogens with one attached hydrogen (secondary N) is 1. The Morgan fingerprint density at radius 1 is 1.21 bits per heavy atom. The van der Waals surface area contributed by atoms with Gasteiger partial charge in [0.15, 0.2) is 5.69 Å². The number of nitrogens with zero attached hydrogens (tertiary/aromatic N) is 2. The lowest BCUT2D eigenvalue weighted by molar-refractivity contribution is 0.0940. The highest BCUT2D eigenvalue weighted by atomic mass is 35.5. The molecule has 0 aliphatic heterocycles. The summed E-state index contributed by atoms with van der Waals surface area (Å²) in [5.41, 5.74) is 2.01. The van der Waals surface area contributed by atoms with Gasteiger partial charge in [-0.3, -0.25) is 9.48 Å². The van der Waals surface area contributed by atoms with Gasteiger partial charge >= 0.3 is 0 Å². The molecule has 1 aromatic heterocycles. The van der Waals surface area contributed by atoms with Crippen LogP contribution in [0.25, 0.3) is 10.9 Å². The smallest absolute Gasteiger partial charge is 0.272 e. The number of carbonyl (C=O) groups is 1. The van der Waals surface area contributed by atoms with Crippen LogP contribution in [0.2, 0.25) is 10.0 Å². The van der Waals surface area contributed by atoms with Crippen molar-refractivity contribution in [2.24, 2.45) is 0 Å². The molecule has 3 rings (SSSR count). The van der Waals surface area contributed by atoms with Gasteiger partial charge < -0.3 is 10.4 Å². The zero-order valence-corrected chi connectivity index (χ0v) is 14.2. The van der Waals surface area contributed by atoms with E-state index in [0.29, 0.717) is 22.3 Å². The molecular formula is C17H15Cl2N3O2. The number of fused-ring (bicyclic) bond motifs is 1. The van der Waals surface area contributed by atoms with Crippen LogP contribution in [-0.2, 0) is 6.54 Å². The van der Waals surface area contributed by atoms with Crippen LogP contribution in [0.4, 0.5) is 0 Å². The second kappa shape index (κ2) is 7.21. The monoisotopic (exact) mass is 363 g/mol. The van der Waals surface area contributed by atoms with Crippen LogP contribution in [-0.4, -0.2) is 33.9 Å². The number of rotatable bonds is 5. The maximum atomic E-state index is 12.3. The average molecular weight is 364 g/mol. The minimum Gasteiger partial charge on any atom is -0.395 e. The minimum absolute atomic E-state index is 0.120. The van der Waals surface area contributed by atoms with Gasteiger partial charge in [0.25, 0.3) is 5.91 Å². The lowest BCUT2D eigenvalue weighted by Gasteiger charge is -2.06.